The summed E-state index contributed by atoms with van der Waals surface area (Å²) in [6.45, 7) is 4.83. The van der Waals surface area contributed by atoms with Crippen LogP contribution >= 0.6 is 11.3 Å². The number of hydrogen-bond donors (Lipinski definition) is 2. The van der Waals surface area contributed by atoms with Gasteiger partial charge in [-0.3, -0.25) is 4.79 Å². The van der Waals surface area contributed by atoms with Crippen LogP contribution in [0.1, 0.15) is 20.3 Å². The molecule has 0 aliphatic rings. The largest absolute Gasteiger partial charge is 0.326 e. The summed E-state index contributed by atoms with van der Waals surface area (Å²) in [6.07, 6.45) is 0.485. The third-order valence-electron chi connectivity index (χ3n) is 2.52. The molecule has 0 spiro atoms. The van der Waals surface area contributed by atoms with Crippen LogP contribution in [-0.2, 0) is 4.79 Å². The molecular weight excluding hydrogens is 246 g/mol. The zero-order valence-electron chi connectivity index (χ0n) is 10.6. The van der Waals surface area contributed by atoms with Crippen LogP contribution in [0, 0.1) is 0 Å². The van der Waals surface area contributed by atoms with Gasteiger partial charge in [-0.25, -0.2) is 4.98 Å². The molecule has 2 aromatic rings. The van der Waals surface area contributed by atoms with Gasteiger partial charge in [-0.15, -0.1) is 11.3 Å². The Balaban J connectivity index is 1.90. The lowest BCUT2D eigenvalue weighted by atomic mass is 10.3. The number of nitrogens with one attached hydrogen (secondary N) is 2. The van der Waals surface area contributed by atoms with E-state index in [0.717, 1.165) is 15.9 Å². The van der Waals surface area contributed by atoms with Crippen molar-refractivity contribution in [2.75, 3.05) is 11.9 Å². The summed E-state index contributed by atoms with van der Waals surface area (Å²) in [4.78, 5) is 15.9. The van der Waals surface area contributed by atoms with E-state index in [2.05, 4.69) is 29.5 Å². The predicted molar refractivity (Wildman–Crippen MR) is 76.0 cm³/mol. The fraction of sp³-hybridized carbons (Fsp3) is 0.385. The van der Waals surface area contributed by atoms with Crippen LogP contribution < -0.4 is 10.6 Å². The molecule has 0 bridgehead atoms. The topological polar surface area (TPSA) is 54.0 Å². The molecule has 0 saturated heterocycles. The molecule has 4 nitrogen and oxygen atoms in total. The maximum atomic E-state index is 11.7. The minimum absolute atomic E-state index is 0.0343. The Labute approximate surface area is 110 Å². The van der Waals surface area contributed by atoms with Gasteiger partial charge >= 0.3 is 0 Å². The predicted octanol–water partition coefficient (Wildman–Crippen LogP) is 2.62. The SMILES string of the molecule is CC(C)NCCC(=O)Nc1ccc2ncsc2c1. The molecular formula is C13H17N3OS. The first-order chi connectivity index (χ1) is 8.65. The maximum Gasteiger partial charge on any atom is 0.225 e. The third-order valence-corrected chi connectivity index (χ3v) is 3.31. The van der Waals surface area contributed by atoms with Crippen molar-refractivity contribution in [3.8, 4) is 0 Å². The molecule has 0 fully saturated rings. The molecule has 0 saturated carbocycles. The second-order valence-electron chi connectivity index (χ2n) is 4.44. The second-order valence-corrected chi connectivity index (χ2v) is 5.33. The van der Waals surface area contributed by atoms with Crippen molar-refractivity contribution in [2.24, 2.45) is 0 Å². The summed E-state index contributed by atoms with van der Waals surface area (Å²) >= 11 is 1.58. The van der Waals surface area contributed by atoms with Gasteiger partial charge < -0.3 is 10.6 Å². The summed E-state index contributed by atoms with van der Waals surface area (Å²) in [5, 5.41) is 6.12. The molecule has 0 aliphatic heterocycles. The number of thiazole rings is 1. The molecule has 0 aliphatic carbocycles. The molecule has 18 heavy (non-hydrogen) atoms. The van der Waals surface area contributed by atoms with Gasteiger partial charge in [-0.05, 0) is 18.2 Å². The molecule has 96 valence electrons. The number of anilines is 1. The Morgan fingerprint density at radius 1 is 1.44 bits per heavy atom. The highest BCUT2D eigenvalue weighted by Gasteiger charge is 2.04. The molecule has 0 atom stereocenters. The van der Waals surface area contributed by atoms with Crippen LogP contribution in [0.15, 0.2) is 23.7 Å². The molecule has 0 radical (unpaired) electrons. The zero-order valence-corrected chi connectivity index (χ0v) is 11.4. The van der Waals surface area contributed by atoms with Crippen LogP contribution in [0.25, 0.3) is 10.2 Å². The minimum atomic E-state index is 0.0343. The maximum absolute atomic E-state index is 11.7. The smallest absolute Gasteiger partial charge is 0.225 e. The first-order valence-electron chi connectivity index (χ1n) is 6.01. The highest BCUT2D eigenvalue weighted by Crippen LogP contribution is 2.21. The number of carbonyl (C=O) groups excluding carboxylic acids is 1. The average Bonchev–Trinajstić information content (AvgIpc) is 2.75. The fourth-order valence-corrected chi connectivity index (χ4v) is 2.35. The Morgan fingerprint density at radius 2 is 2.28 bits per heavy atom. The lowest BCUT2D eigenvalue weighted by Crippen LogP contribution is -2.27. The molecule has 1 aromatic heterocycles. The van der Waals surface area contributed by atoms with Crippen LogP contribution in [0.5, 0.6) is 0 Å². The highest BCUT2D eigenvalue weighted by molar-refractivity contribution is 7.16. The van der Waals surface area contributed by atoms with Crippen molar-refractivity contribution in [1.82, 2.24) is 10.3 Å². The number of carbonyl (C=O) groups is 1. The van der Waals surface area contributed by atoms with E-state index < -0.39 is 0 Å². The summed E-state index contributed by atoms with van der Waals surface area (Å²) in [7, 11) is 0. The quantitative estimate of drug-likeness (QED) is 0.872. The zero-order chi connectivity index (χ0) is 13.0. The number of nitrogens with zero attached hydrogens (tertiary/aromatic N) is 1. The molecule has 1 aromatic carbocycles. The second kappa shape index (κ2) is 5.93. The number of amides is 1. The summed E-state index contributed by atoms with van der Waals surface area (Å²) in [5.74, 6) is 0.0343. The van der Waals surface area contributed by atoms with Gasteiger partial charge in [0.15, 0.2) is 0 Å². The van der Waals surface area contributed by atoms with Gasteiger partial charge in [0, 0.05) is 24.7 Å². The number of benzene rings is 1. The van der Waals surface area contributed by atoms with Crippen molar-refractivity contribution in [1.29, 1.82) is 0 Å². The van der Waals surface area contributed by atoms with Crippen molar-refractivity contribution in [3.63, 3.8) is 0 Å². The summed E-state index contributed by atoms with van der Waals surface area (Å²) in [6, 6.07) is 6.18. The van der Waals surface area contributed by atoms with Crippen LogP contribution in [0.4, 0.5) is 5.69 Å². The first kappa shape index (κ1) is 13.0. The van der Waals surface area contributed by atoms with Crippen molar-refractivity contribution in [3.05, 3.63) is 23.7 Å². The van der Waals surface area contributed by atoms with E-state index in [1.165, 1.54) is 0 Å². The van der Waals surface area contributed by atoms with Gasteiger partial charge in [0.1, 0.15) is 0 Å². The van der Waals surface area contributed by atoms with E-state index in [4.69, 9.17) is 0 Å². The van der Waals surface area contributed by atoms with E-state index >= 15 is 0 Å². The highest BCUT2D eigenvalue weighted by atomic mass is 32.1. The van der Waals surface area contributed by atoms with Gasteiger partial charge in [-0.2, -0.15) is 0 Å². The van der Waals surface area contributed by atoms with Crippen molar-refractivity contribution < 1.29 is 4.79 Å². The molecule has 2 rings (SSSR count). The number of aromatic nitrogens is 1. The minimum Gasteiger partial charge on any atom is -0.326 e. The van der Waals surface area contributed by atoms with E-state index in [9.17, 15) is 4.79 Å². The number of hydrogen-bond acceptors (Lipinski definition) is 4. The Bertz CT molecular complexity index is 536. The summed E-state index contributed by atoms with van der Waals surface area (Å²) in [5.41, 5.74) is 3.61. The Hall–Kier alpha value is -1.46. The van der Waals surface area contributed by atoms with E-state index in [-0.39, 0.29) is 5.91 Å². The van der Waals surface area contributed by atoms with Crippen LogP contribution in [0.2, 0.25) is 0 Å². The molecule has 2 N–H and O–H groups in total. The van der Waals surface area contributed by atoms with Crippen LogP contribution in [-0.4, -0.2) is 23.5 Å². The normalized spacial score (nSPS) is 11.1. The Morgan fingerprint density at radius 3 is 3.06 bits per heavy atom. The molecule has 0 unspecified atom stereocenters. The fourth-order valence-electron chi connectivity index (χ4n) is 1.63. The monoisotopic (exact) mass is 263 g/mol. The van der Waals surface area contributed by atoms with E-state index in [1.54, 1.807) is 11.3 Å². The number of fused-ring (bicyclic) bond motifs is 1. The standard InChI is InChI=1S/C13H17N3OS/c1-9(2)14-6-5-13(17)16-10-3-4-11-12(7-10)18-8-15-11/h3-4,7-9,14H,5-6H2,1-2H3,(H,16,17). The van der Waals surface area contributed by atoms with E-state index in [1.807, 2.05) is 23.7 Å². The van der Waals surface area contributed by atoms with E-state index in [0.29, 0.717) is 19.0 Å². The van der Waals surface area contributed by atoms with Gasteiger partial charge in [0.2, 0.25) is 5.91 Å². The van der Waals surface area contributed by atoms with Gasteiger partial charge in [0.05, 0.1) is 15.7 Å². The van der Waals surface area contributed by atoms with Gasteiger partial charge in [0.25, 0.3) is 0 Å². The van der Waals surface area contributed by atoms with Crippen molar-refractivity contribution in [2.45, 2.75) is 26.3 Å². The average molecular weight is 263 g/mol. The van der Waals surface area contributed by atoms with Crippen molar-refractivity contribution >= 4 is 33.1 Å². The first-order valence-corrected chi connectivity index (χ1v) is 6.89. The van der Waals surface area contributed by atoms with Gasteiger partial charge in [-0.1, -0.05) is 13.8 Å². The summed E-state index contributed by atoms with van der Waals surface area (Å²) < 4.78 is 1.09. The Kier molecular flexibility index (Phi) is 4.28. The lowest BCUT2D eigenvalue weighted by molar-refractivity contribution is -0.116. The molecule has 1 heterocycles. The lowest BCUT2D eigenvalue weighted by Gasteiger charge is -2.08. The number of rotatable bonds is 5. The molecule has 5 heteroatoms. The molecule has 1 amide bonds. The third kappa shape index (κ3) is 3.51. The van der Waals surface area contributed by atoms with Crippen LogP contribution in [0.3, 0.4) is 0 Å².